The Hall–Kier alpha value is -3.61. The Morgan fingerprint density at radius 3 is 2.45 bits per heavy atom. The zero-order chi connectivity index (χ0) is 22.4. The number of para-hydroxylation sites is 1. The summed E-state index contributed by atoms with van der Waals surface area (Å²) in [5, 5.41) is 7.27. The highest BCUT2D eigenvalue weighted by Gasteiger charge is 2.17. The summed E-state index contributed by atoms with van der Waals surface area (Å²) < 4.78 is 6.71. The van der Waals surface area contributed by atoms with Gasteiger partial charge in [-0.25, -0.2) is 9.48 Å². The molecular formula is C24H28N4O3. The van der Waals surface area contributed by atoms with Gasteiger partial charge in [0.2, 0.25) is 0 Å². The third-order valence-electron chi connectivity index (χ3n) is 5.26. The summed E-state index contributed by atoms with van der Waals surface area (Å²) in [7, 11) is 2.01. The number of likely N-dealkylation sites (N-methyl/N-ethyl adjacent to an activating group) is 1. The van der Waals surface area contributed by atoms with Crippen LogP contribution in [0.1, 0.15) is 40.3 Å². The number of carbonyl (C=O) groups is 2. The average molecular weight is 421 g/mol. The van der Waals surface area contributed by atoms with Gasteiger partial charge in [-0.2, -0.15) is 5.10 Å². The number of rotatable bonds is 8. The monoisotopic (exact) mass is 420 g/mol. The molecule has 2 aromatic carbocycles. The lowest BCUT2D eigenvalue weighted by Crippen LogP contribution is -2.40. The molecule has 1 unspecified atom stereocenters. The first-order valence-corrected chi connectivity index (χ1v) is 10.3. The van der Waals surface area contributed by atoms with E-state index in [9.17, 15) is 9.59 Å². The molecule has 0 spiro atoms. The van der Waals surface area contributed by atoms with E-state index in [-0.39, 0.29) is 11.9 Å². The molecule has 0 aliphatic heterocycles. The van der Waals surface area contributed by atoms with Crippen LogP contribution >= 0.6 is 0 Å². The maximum Gasteiger partial charge on any atom is 0.341 e. The van der Waals surface area contributed by atoms with E-state index in [1.54, 1.807) is 23.7 Å². The molecule has 1 aromatic heterocycles. The first kappa shape index (κ1) is 22.1. The van der Waals surface area contributed by atoms with Crippen LogP contribution < -0.4 is 10.2 Å². The van der Waals surface area contributed by atoms with Crippen molar-refractivity contribution in [3.05, 3.63) is 77.6 Å². The second-order valence-electron chi connectivity index (χ2n) is 7.33. The van der Waals surface area contributed by atoms with E-state index in [0.29, 0.717) is 30.0 Å². The SMILES string of the molecule is CCOC(=O)c1cnn(-c2ccc(C(=O)NCC(C)N(C)c3ccccc3)cc2)c1C. The predicted octanol–water partition coefficient (Wildman–Crippen LogP) is 3.61. The van der Waals surface area contributed by atoms with Crippen LogP contribution in [-0.2, 0) is 4.74 Å². The number of nitrogens with zero attached hydrogens (tertiary/aromatic N) is 3. The van der Waals surface area contributed by atoms with Gasteiger partial charge in [-0.1, -0.05) is 18.2 Å². The van der Waals surface area contributed by atoms with E-state index in [0.717, 1.165) is 11.4 Å². The third-order valence-corrected chi connectivity index (χ3v) is 5.26. The van der Waals surface area contributed by atoms with Crippen molar-refractivity contribution in [3.63, 3.8) is 0 Å². The van der Waals surface area contributed by atoms with Gasteiger partial charge in [0, 0.05) is 30.9 Å². The Balaban J connectivity index is 1.62. The molecule has 0 fully saturated rings. The van der Waals surface area contributed by atoms with Crippen LogP contribution in [0.2, 0.25) is 0 Å². The fraction of sp³-hybridized carbons (Fsp3) is 0.292. The Labute approximate surface area is 182 Å². The van der Waals surface area contributed by atoms with Gasteiger partial charge < -0.3 is 15.0 Å². The van der Waals surface area contributed by atoms with Crippen molar-refractivity contribution in [1.29, 1.82) is 0 Å². The number of benzene rings is 2. The molecule has 0 radical (unpaired) electrons. The molecule has 31 heavy (non-hydrogen) atoms. The number of esters is 1. The van der Waals surface area contributed by atoms with Gasteiger partial charge in [0.15, 0.2) is 0 Å². The molecule has 0 saturated carbocycles. The highest BCUT2D eigenvalue weighted by Crippen LogP contribution is 2.17. The van der Waals surface area contributed by atoms with Crippen LogP contribution in [0, 0.1) is 6.92 Å². The van der Waals surface area contributed by atoms with E-state index >= 15 is 0 Å². The zero-order valence-corrected chi connectivity index (χ0v) is 18.3. The Morgan fingerprint density at radius 1 is 1.13 bits per heavy atom. The van der Waals surface area contributed by atoms with Crippen molar-refractivity contribution in [2.75, 3.05) is 25.1 Å². The summed E-state index contributed by atoms with van der Waals surface area (Å²) in [6.07, 6.45) is 1.50. The summed E-state index contributed by atoms with van der Waals surface area (Å²) in [5.74, 6) is -0.527. The van der Waals surface area contributed by atoms with E-state index in [2.05, 4.69) is 22.2 Å². The summed E-state index contributed by atoms with van der Waals surface area (Å²) in [6, 6.07) is 17.3. The maximum atomic E-state index is 12.6. The van der Waals surface area contributed by atoms with Crippen molar-refractivity contribution in [2.45, 2.75) is 26.8 Å². The number of amides is 1. The van der Waals surface area contributed by atoms with E-state index in [4.69, 9.17) is 4.74 Å². The molecule has 0 aliphatic carbocycles. The van der Waals surface area contributed by atoms with Crippen LogP contribution in [0.4, 0.5) is 5.69 Å². The predicted molar refractivity (Wildman–Crippen MR) is 121 cm³/mol. The molecule has 0 aliphatic rings. The molecule has 1 N–H and O–H groups in total. The highest BCUT2D eigenvalue weighted by atomic mass is 16.5. The van der Waals surface area contributed by atoms with Gasteiger partial charge in [-0.05, 0) is 57.2 Å². The number of carbonyl (C=O) groups excluding carboxylic acids is 2. The van der Waals surface area contributed by atoms with Crippen LogP contribution in [0.5, 0.6) is 0 Å². The number of hydrogen-bond acceptors (Lipinski definition) is 5. The Bertz CT molecular complexity index is 1030. The molecule has 1 heterocycles. The molecule has 1 atom stereocenters. The number of nitrogens with one attached hydrogen (secondary N) is 1. The van der Waals surface area contributed by atoms with Gasteiger partial charge in [-0.15, -0.1) is 0 Å². The molecule has 7 heteroatoms. The minimum Gasteiger partial charge on any atom is -0.462 e. The maximum absolute atomic E-state index is 12.6. The minimum absolute atomic E-state index is 0.135. The van der Waals surface area contributed by atoms with E-state index in [1.165, 1.54) is 6.20 Å². The van der Waals surface area contributed by atoms with E-state index in [1.807, 2.05) is 56.4 Å². The Kier molecular flexibility index (Phi) is 7.07. The van der Waals surface area contributed by atoms with Gasteiger partial charge in [0.25, 0.3) is 5.91 Å². The largest absolute Gasteiger partial charge is 0.462 e. The quantitative estimate of drug-likeness (QED) is 0.564. The summed E-state index contributed by atoms with van der Waals surface area (Å²) in [6.45, 7) is 6.48. The molecule has 1 amide bonds. The van der Waals surface area contributed by atoms with Gasteiger partial charge in [0.1, 0.15) is 5.56 Å². The van der Waals surface area contributed by atoms with Crippen molar-refractivity contribution in [2.24, 2.45) is 0 Å². The minimum atomic E-state index is -0.392. The van der Waals surface area contributed by atoms with Crippen LogP contribution in [-0.4, -0.2) is 47.9 Å². The summed E-state index contributed by atoms with van der Waals surface area (Å²) in [5.41, 5.74) is 3.55. The van der Waals surface area contributed by atoms with E-state index < -0.39 is 5.97 Å². The lowest BCUT2D eigenvalue weighted by atomic mass is 10.1. The fourth-order valence-corrected chi connectivity index (χ4v) is 3.23. The normalized spacial score (nSPS) is 11.6. The summed E-state index contributed by atoms with van der Waals surface area (Å²) in [4.78, 5) is 26.7. The molecule has 162 valence electrons. The van der Waals surface area contributed by atoms with Crippen molar-refractivity contribution in [1.82, 2.24) is 15.1 Å². The lowest BCUT2D eigenvalue weighted by Gasteiger charge is -2.27. The molecule has 3 rings (SSSR count). The Morgan fingerprint density at radius 2 is 1.81 bits per heavy atom. The topological polar surface area (TPSA) is 76.5 Å². The van der Waals surface area contributed by atoms with Crippen LogP contribution in [0.15, 0.2) is 60.8 Å². The molecular weight excluding hydrogens is 392 g/mol. The van der Waals surface area contributed by atoms with Crippen molar-refractivity contribution >= 4 is 17.6 Å². The van der Waals surface area contributed by atoms with Crippen LogP contribution in [0.25, 0.3) is 5.69 Å². The van der Waals surface area contributed by atoms with Crippen molar-refractivity contribution in [3.8, 4) is 5.69 Å². The summed E-state index contributed by atoms with van der Waals surface area (Å²) >= 11 is 0. The highest BCUT2D eigenvalue weighted by molar-refractivity contribution is 5.94. The smallest absolute Gasteiger partial charge is 0.341 e. The molecule has 0 saturated heterocycles. The molecule has 7 nitrogen and oxygen atoms in total. The molecule has 0 bridgehead atoms. The fourth-order valence-electron chi connectivity index (χ4n) is 3.23. The van der Waals surface area contributed by atoms with Gasteiger partial charge in [-0.3, -0.25) is 4.79 Å². The number of anilines is 1. The number of hydrogen-bond donors (Lipinski definition) is 1. The van der Waals surface area contributed by atoms with Crippen molar-refractivity contribution < 1.29 is 14.3 Å². The van der Waals surface area contributed by atoms with Crippen LogP contribution in [0.3, 0.4) is 0 Å². The second-order valence-corrected chi connectivity index (χ2v) is 7.33. The third kappa shape index (κ3) is 5.12. The average Bonchev–Trinajstić information content (AvgIpc) is 3.19. The second kappa shape index (κ2) is 9.93. The number of ether oxygens (including phenoxy) is 1. The standard InChI is InChI=1S/C24H28N4O3/c1-5-31-24(30)22-16-26-28(18(22)3)21-13-11-19(12-14-21)23(29)25-15-17(2)27(4)20-9-7-6-8-10-20/h6-14,16-17H,5,15H2,1-4H3,(H,25,29). The lowest BCUT2D eigenvalue weighted by molar-refractivity contribution is 0.0525. The molecule has 3 aromatic rings. The number of aromatic nitrogens is 2. The van der Waals surface area contributed by atoms with Gasteiger partial charge in [0.05, 0.1) is 24.2 Å². The van der Waals surface area contributed by atoms with Gasteiger partial charge >= 0.3 is 5.97 Å². The first-order valence-electron chi connectivity index (χ1n) is 10.3. The zero-order valence-electron chi connectivity index (χ0n) is 18.3. The first-order chi connectivity index (χ1) is 14.9.